The summed E-state index contributed by atoms with van der Waals surface area (Å²) in [6.45, 7) is 8.61. The molecule has 0 aromatic heterocycles. The van der Waals surface area contributed by atoms with Crippen LogP contribution in [0.2, 0.25) is 0 Å². The number of carbonyl (C=O) groups is 1. The number of ether oxygens (including phenoxy) is 1. The molecule has 5 heteroatoms. The van der Waals surface area contributed by atoms with Gasteiger partial charge in [0.25, 0.3) is 0 Å². The third kappa shape index (κ3) is 6.33. The largest absolute Gasteiger partial charge is 0.379 e. The average Bonchev–Trinajstić information content (AvgIpc) is 2.76. The summed E-state index contributed by atoms with van der Waals surface area (Å²) in [5, 5.41) is 2.92. The molecule has 1 atom stereocenters. The molecule has 1 rings (SSSR count). The van der Waals surface area contributed by atoms with E-state index in [0.717, 1.165) is 32.5 Å². The summed E-state index contributed by atoms with van der Waals surface area (Å²) >= 11 is 0. The Labute approximate surface area is 110 Å². The summed E-state index contributed by atoms with van der Waals surface area (Å²) in [7, 11) is 0. The highest BCUT2D eigenvalue weighted by Gasteiger charge is 2.22. The van der Waals surface area contributed by atoms with Crippen molar-refractivity contribution in [2.75, 3.05) is 39.3 Å². The highest BCUT2D eigenvalue weighted by atomic mass is 16.5. The number of nitrogens with one attached hydrogen (secondary N) is 1. The number of hydrogen-bond donors (Lipinski definition) is 2. The Morgan fingerprint density at radius 1 is 1.56 bits per heavy atom. The summed E-state index contributed by atoms with van der Waals surface area (Å²) in [6, 6.07) is 0. The van der Waals surface area contributed by atoms with Gasteiger partial charge in [0, 0.05) is 19.7 Å². The predicted octanol–water partition coefficient (Wildman–Crippen LogP) is 0.198. The quantitative estimate of drug-likeness (QED) is 0.610. The number of amides is 1. The zero-order chi connectivity index (χ0) is 13.4. The van der Waals surface area contributed by atoms with Crippen LogP contribution in [0.15, 0.2) is 0 Å². The Hall–Kier alpha value is -0.650. The number of nitrogens with two attached hydrogens (primary N) is 1. The van der Waals surface area contributed by atoms with Gasteiger partial charge in [0.1, 0.15) is 0 Å². The zero-order valence-corrected chi connectivity index (χ0v) is 11.7. The lowest BCUT2D eigenvalue weighted by Crippen LogP contribution is -2.37. The maximum absolute atomic E-state index is 11.7. The van der Waals surface area contributed by atoms with Crippen molar-refractivity contribution in [1.82, 2.24) is 10.2 Å². The molecule has 1 aliphatic rings. The second-order valence-electron chi connectivity index (χ2n) is 5.25. The van der Waals surface area contributed by atoms with Crippen LogP contribution in [-0.2, 0) is 9.53 Å². The summed E-state index contributed by atoms with van der Waals surface area (Å²) in [5.41, 5.74) is 5.62. The Morgan fingerprint density at radius 3 is 2.94 bits per heavy atom. The van der Waals surface area contributed by atoms with Crippen LogP contribution in [0.4, 0.5) is 0 Å². The smallest absolute Gasteiger partial charge is 0.234 e. The first-order valence-corrected chi connectivity index (χ1v) is 6.92. The van der Waals surface area contributed by atoms with Crippen LogP contribution in [-0.4, -0.2) is 56.2 Å². The van der Waals surface area contributed by atoms with Crippen LogP contribution >= 0.6 is 0 Å². The topological polar surface area (TPSA) is 67.6 Å². The SMILES string of the molecule is CC(C)OCCCNC(=O)CN1CCC(CN)C1. The van der Waals surface area contributed by atoms with Crippen LogP contribution in [0.25, 0.3) is 0 Å². The molecule has 106 valence electrons. The molecule has 1 aliphatic heterocycles. The van der Waals surface area contributed by atoms with E-state index in [4.69, 9.17) is 10.5 Å². The summed E-state index contributed by atoms with van der Waals surface area (Å²) in [5.74, 6) is 0.675. The van der Waals surface area contributed by atoms with Crippen molar-refractivity contribution in [2.24, 2.45) is 11.7 Å². The molecule has 0 spiro atoms. The van der Waals surface area contributed by atoms with Crippen LogP contribution < -0.4 is 11.1 Å². The maximum atomic E-state index is 11.7. The van der Waals surface area contributed by atoms with Gasteiger partial charge in [-0.2, -0.15) is 0 Å². The van der Waals surface area contributed by atoms with E-state index in [2.05, 4.69) is 10.2 Å². The lowest BCUT2D eigenvalue weighted by molar-refractivity contribution is -0.122. The van der Waals surface area contributed by atoms with Crippen molar-refractivity contribution < 1.29 is 9.53 Å². The first kappa shape index (κ1) is 15.4. The third-order valence-corrected chi connectivity index (χ3v) is 3.16. The molecule has 5 nitrogen and oxygen atoms in total. The molecule has 0 aliphatic carbocycles. The van der Waals surface area contributed by atoms with E-state index in [9.17, 15) is 4.79 Å². The van der Waals surface area contributed by atoms with Gasteiger partial charge < -0.3 is 15.8 Å². The number of carbonyl (C=O) groups excluding carboxylic acids is 1. The van der Waals surface area contributed by atoms with Gasteiger partial charge in [0.2, 0.25) is 5.91 Å². The first-order valence-electron chi connectivity index (χ1n) is 6.92. The molecule has 3 N–H and O–H groups in total. The molecule has 0 saturated carbocycles. The molecule has 0 radical (unpaired) electrons. The van der Waals surface area contributed by atoms with E-state index in [0.29, 0.717) is 25.6 Å². The molecule has 1 unspecified atom stereocenters. The Morgan fingerprint density at radius 2 is 2.33 bits per heavy atom. The minimum atomic E-state index is 0.109. The first-order chi connectivity index (χ1) is 8.61. The minimum Gasteiger partial charge on any atom is -0.379 e. The minimum absolute atomic E-state index is 0.109. The van der Waals surface area contributed by atoms with Crippen molar-refractivity contribution in [1.29, 1.82) is 0 Å². The number of nitrogens with zero attached hydrogens (tertiary/aromatic N) is 1. The second-order valence-corrected chi connectivity index (χ2v) is 5.25. The highest BCUT2D eigenvalue weighted by Crippen LogP contribution is 2.13. The standard InChI is InChI=1S/C13H27N3O2/c1-11(2)18-7-3-5-15-13(17)10-16-6-4-12(8-14)9-16/h11-12H,3-10,14H2,1-2H3,(H,15,17). The lowest BCUT2D eigenvalue weighted by Gasteiger charge is -2.15. The molecular weight excluding hydrogens is 230 g/mol. The number of hydrogen-bond acceptors (Lipinski definition) is 4. The van der Waals surface area contributed by atoms with Crippen molar-refractivity contribution in [3.63, 3.8) is 0 Å². The molecule has 1 saturated heterocycles. The fraction of sp³-hybridized carbons (Fsp3) is 0.923. The van der Waals surface area contributed by atoms with E-state index < -0.39 is 0 Å². The molecule has 0 aromatic rings. The van der Waals surface area contributed by atoms with Gasteiger partial charge in [0.05, 0.1) is 12.6 Å². The molecule has 1 fully saturated rings. The molecule has 0 bridgehead atoms. The van der Waals surface area contributed by atoms with Gasteiger partial charge in [-0.15, -0.1) is 0 Å². The van der Waals surface area contributed by atoms with E-state index in [1.165, 1.54) is 0 Å². The van der Waals surface area contributed by atoms with Crippen molar-refractivity contribution in [2.45, 2.75) is 32.8 Å². The molecule has 0 aromatic carbocycles. The maximum Gasteiger partial charge on any atom is 0.234 e. The number of likely N-dealkylation sites (tertiary alicyclic amines) is 1. The average molecular weight is 257 g/mol. The summed E-state index contributed by atoms with van der Waals surface area (Å²) in [6.07, 6.45) is 2.25. The van der Waals surface area contributed by atoms with Gasteiger partial charge in [-0.25, -0.2) is 0 Å². The third-order valence-electron chi connectivity index (χ3n) is 3.16. The Bertz CT molecular complexity index is 246. The van der Waals surface area contributed by atoms with Crippen LogP contribution in [0.1, 0.15) is 26.7 Å². The van der Waals surface area contributed by atoms with E-state index >= 15 is 0 Å². The van der Waals surface area contributed by atoms with Crippen molar-refractivity contribution in [3.8, 4) is 0 Å². The van der Waals surface area contributed by atoms with Gasteiger partial charge in [-0.05, 0) is 45.7 Å². The van der Waals surface area contributed by atoms with E-state index in [-0.39, 0.29) is 12.0 Å². The summed E-state index contributed by atoms with van der Waals surface area (Å²) in [4.78, 5) is 13.8. The monoisotopic (exact) mass is 257 g/mol. The van der Waals surface area contributed by atoms with E-state index in [1.54, 1.807) is 0 Å². The summed E-state index contributed by atoms with van der Waals surface area (Å²) < 4.78 is 5.41. The fourth-order valence-corrected chi connectivity index (χ4v) is 2.13. The van der Waals surface area contributed by atoms with Gasteiger partial charge >= 0.3 is 0 Å². The van der Waals surface area contributed by atoms with Crippen LogP contribution in [0.3, 0.4) is 0 Å². The lowest BCUT2D eigenvalue weighted by atomic mass is 10.1. The number of rotatable bonds is 8. The zero-order valence-electron chi connectivity index (χ0n) is 11.7. The molecule has 1 heterocycles. The van der Waals surface area contributed by atoms with E-state index in [1.807, 2.05) is 13.8 Å². The Kier molecular flexibility index (Phi) is 7.23. The van der Waals surface area contributed by atoms with Crippen molar-refractivity contribution in [3.05, 3.63) is 0 Å². The highest BCUT2D eigenvalue weighted by molar-refractivity contribution is 5.78. The van der Waals surface area contributed by atoms with Gasteiger partial charge in [-0.3, -0.25) is 9.69 Å². The van der Waals surface area contributed by atoms with Crippen LogP contribution in [0.5, 0.6) is 0 Å². The van der Waals surface area contributed by atoms with Crippen molar-refractivity contribution >= 4 is 5.91 Å². The second kappa shape index (κ2) is 8.45. The predicted molar refractivity (Wildman–Crippen MR) is 72.3 cm³/mol. The molecule has 18 heavy (non-hydrogen) atoms. The molecule has 1 amide bonds. The Balaban J connectivity index is 2.00. The van der Waals surface area contributed by atoms with Crippen LogP contribution in [0, 0.1) is 5.92 Å². The fourth-order valence-electron chi connectivity index (χ4n) is 2.13. The van der Waals surface area contributed by atoms with Gasteiger partial charge in [-0.1, -0.05) is 0 Å². The molecular formula is C13H27N3O2. The van der Waals surface area contributed by atoms with Gasteiger partial charge in [0.15, 0.2) is 0 Å². The normalized spacial score (nSPS) is 20.6.